The average molecular weight is 974 g/mol. The van der Waals surface area contributed by atoms with Crippen molar-refractivity contribution in [3.8, 4) is 11.5 Å². The van der Waals surface area contributed by atoms with Crippen molar-refractivity contribution >= 4 is 53.3 Å². The van der Waals surface area contributed by atoms with Crippen LogP contribution >= 0.6 is 0 Å². The molecule has 24 heteroatoms. The number of amides is 7. The van der Waals surface area contributed by atoms with Gasteiger partial charge in [-0.25, -0.2) is 0 Å². The Kier molecular flexibility index (Phi) is 23.9. The third-order valence-corrected chi connectivity index (χ3v) is 10.6. The number of aromatic nitrogens is 1. The molecule has 3 rings (SSSR count). The zero-order valence-electron chi connectivity index (χ0n) is 39.1. The molecule has 0 fully saturated rings. The summed E-state index contributed by atoms with van der Waals surface area (Å²) in [6.45, 7) is 1.77. The molecule has 3 aromatic rings. The Balaban J connectivity index is 2.02. The number of hydrogen-bond acceptors (Lipinski definition) is 13. The number of phenols is 2. The van der Waals surface area contributed by atoms with Crippen LogP contribution in [0.4, 0.5) is 0 Å². The summed E-state index contributed by atoms with van der Waals surface area (Å²) in [6.07, 6.45) is 2.70. The predicted molar refractivity (Wildman–Crippen MR) is 261 cm³/mol. The van der Waals surface area contributed by atoms with Gasteiger partial charge in [-0.15, -0.1) is 0 Å². The molecule has 0 radical (unpaired) electrons. The second kappa shape index (κ2) is 29.7. The number of rotatable bonds is 30. The number of primary amides is 1. The number of guanidine groups is 2. The third-order valence-electron chi connectivity index (χ3n) is 10.6. The average Bonchev–Trinajstić information content (AvgIpc) is 3.31. The summed E-state index contributed by atoms with van der Waals surface area (Å²) in [5, 5.41) is 36.0. The molecule has 2 aromatic carbocycles. The molecule has 70 heavy (non-hydrogen) atoms. The Labute approximate surface area is 405 Å². The maximum atomic E-state index is 14.6. The zero-order valence-corrected chi connectivity index (χ0v) is 39.1. The van der Waals surface area contributed by atoms with E-state index >= 15 is 0 Å². The summed E-state index contributed by atoms with van der Waals surface area (Å²) in [5.74, 6) is -5.86. The number of carbonyl (C=O) groups excluding carboxylic acids is 7. The lowest BCUT2D eigenvalue weighted by molar-refractivity contribution is -0.135. The van der Waals surface area contributed by atoms with Crippen molar-refractivity contribution in [2.24, 2.45) is 44.4 Å². The minimum absolute atomic E-state index is 0.0446. The SMILES string of the molecule is CC(=O)N[C@@H](CCCN=C(N)N)C(=O)N[C@@H](Cc1ccc(O)cc1)C(=O)N[C@@H](Cc1ccc(O)cc1)C(=O)N[C@@H](CCCN=C(N)N)C(=O)N[C@@H](Cc1ccccn1)C(=O)N[C@@H](CCCCN)C(N)=O. The molecule has 0 saturated heterocycles. The second-order valence-corrected chi connectivity index (χ2v) is 16.4. The Hall–Kier alpha value is -8.02. The van der Waals surface area contributed by atoms with Crippen LogP contribution in [0, 0.1) is 0 Å². The van der Waals surface area contributed by atoms with Gasteiger partial charge in [0.1, 0.15) is 47.8 Å². The van der Waals surface area contributed by atoms with Gasteiger partial charge in [-0.05, 0) is 99.0 Å². The highest BCUT2D eigenvalue weighted by Gasteiger charge is 2.34. The van der Waals surface area contributed by atoms with Crippen LogP contribution in [0.1, 0.15) is 68.7 Å². The van der Waals surface area contributed by atoms with Gasteiger partial charge in [0.2, 0.25) is 41.4 Å². The quantitative estimate of drug-likeness (QED) is 0.0182. The minimum atomic E-state index is -1.45. The van der Waals surface area contributed by atoms with Crippen molar-refractivity contribution in [2.75, 3.05) is 19.6 Å². The van der Waals surface area contributed by atoms with Gasteiger partial charge in [-0.3, -0.25) is 48.5 Å². The molecule has 0 aliphatic carbocycles. The predicted octanol–water partition coefficient (Wildman–Crippen LogP) is -2.83. The monoisotopic (exact) mass is 974 g/mol. The molecular weight excluding hydrogens is 907 g/mol. The number of carbonyl (C=O) groups is 7. The number of nitrogens with two attached hydrogens (primary N) is 6. The largest absolute Gasteiger partial charge is 0.508 e. The fourth-order valence-corrected chi connectivity index (χ4v) is 7.02. The van der Waals surface area contributed by atoms with Crippen LogP contribution in [0.3, 0.4) is 0 Å². The number of nitrogens with one attached hydrogen (secondary N) is 6. The molecule has 0 spiro atoms. The summed E-state index contributed by atoms with van der Waals surface area (Å²) in [5.41, 5.74) is 34.6. The van der Waals surface area contributed by atoms with Crippen LogP contribution in [0.2, 0.25) is 0 Å². The Bertz CT molecular complexity index is 2240. The van der Waals surface area contributed by atoms with Crippen molar-refractivity contribution in [3.05, 3.63) is 89.7 Å². The number of benzene rings is 2. The van der Waals surface area contributed by atoms with Gasteiger partial charge < -0.3 is 76.5 Å². The van der Waals surface area contributed by atoms with E-state index in [9.17, 15) is 43.8 Å². The lowest BCUT2D eigenvalue weighted by Crippen LogP contribution is -2.60. The van der Waals surface area contributed by atoms with Gasteiger partial charge in [0.05, 0.1) is 0 Å². The molecular formula is C46H67N15O9. The van der Waals surface area contributed by atoms with Crippen LogP contribution in [-0.2, 0) is 52.8 Å². The molecule has 0 aliphatic heterocycles. The van der Waals surface area contributed by atoms with Crippen LogP contribution in [-0.4, -0.2) is 124 Å². The molecule has 380 valence electrons. The molecule has 0 bridgehead atoms. The number of hydrogen-bond donors (Lipinski definition) is 14. The van der Waals surface area contributed by atoms with Crippen LogP contribution in [0.25, 0.3) is 0 Å². The summed E-state index contributed by atoms with van der Waals surface area (Å²) < 4.78 is 0. The first-order valence-corrected chi connectivity index (χ1v) is 22.7. The number of aliphatic imine (C=N–C) groups is 2. The summed E-state index contributed by atoms with van der Waals surface area (Å²) >= 11 is 0. The van der Waals surface area contributed by atoms with Gasteiger partial charge >= 0.3 is 0 Å². The van der Waals surface area contributed by atoms with E-state index in [-0.39, 0.29) is 87.9 Å². The fourth-order valence-electron chi connectivity index (χ4n) is 7.02. The lowest BCUT2D eigenvalue weighted by atomic mass is 10.0. The highest BCUT2D eigenvalue weighted by molar-refractivity contribution is 5.97. The maximum absolute atomic E-state index is 14.6. The van der Waals surface area contributed by atoms with E-state index in [1.54, 1.807) is 18.2 Å². The fraction of sp³-hybridized carbons (Fsp3) is 0.435. The van der Waals surface area contributed by atoms with E-state index in [1.807, 2.05) is 0 Å². The Morgan fingerprint density at radius 2 is 0.914 bits per heavy atom. The molecule has 1 aromatic heterocycles. The number of nitrogens with zero attached hydrogens (tertiary/aromatic N) is 3. The first kappa shape index (κ1) is 56.3. The summed E-state index contributed by atoms with van der Waals surface area (Å²) in [4.78, 5) is 108. The summed E-state index contributed by atoms with van der Waals surface area (Å²) in [7, 11) is 0. The molecule has 7 amide bonds. The van der Waals surface area contributed by atoms with E-state index in [2.05, 4.69) is 46.9 Å². The first-order valence-electron chi connectivity index (χ1n) is 22.7. The first-order chi connectivity index (χ1) is 33.3. The smallest absolute Gasteiger partial charge is 0.243 e. The van der Waals surface area contributed by atoms with Gasteiger partial charge in [0, 0.05) is 51.2 Å². The highest BCUT2D eigenvalue weighted by Crippen LogP contribution is 2.15. The number of pyridine rings is 1. The third kappa shape index (κ3) is 21.3. The van der Waals surface area contributed by atoms with E-state index in [1.165, 1.54) is 61.7 Å². The van der Waals surface area contributed by atoms with Crippen LogP contribution in [0.15, 0.2) is 82.9 Å². The minimum Gasteiger partial charge on any atom is -0.508 e. The normalized spacial score (nSPS) is 13.3. The van der Waals surface area contributed by atoms with Gasteiger partial charge in [-0.1, -0.05) is 30.3 Å². The van der Waals surface area contributed by atoms with Crippen molar-refractivity contribution in [1.82, 2.24) is 36.9 Å². The molecule has 0 aliphatic rings. The summed E-state index contributed by atoms with van der Waals surface area (Å²) in [6, 6.07) is 8.86. The molecule has 20 N–H and O–H groups in total. The molecule has 1 heterocycles. The van der Waals surface area contributed by atoms with Crippen LogP contribution in [0.5, 0.6) is 11.5 Å². The number of phenolic OH excluding ortho intramolecular Hbond substituents is 2. The van der Waals surface area contributed by atoms with E-state index in [4.69, 9.17) is 34.4 Å². The lowest BCUT2D eigenvalue weighted by Gasteiger charge is -2.28. The van der Waals surface area contributed by atoms with E-state index < -0.39 is 77.6 Å². The van der Waals surface area contributed by atoms with Gasteiger partial charge in [0.15, 0.2) is 11.9 Å². The molecule has 0 unspecified atom stereocenters. The van der Waals surface area contributed by atoms with E-state index in [0.29, 0.717) is 36.2 Å². The Morgan fingerprint density at radius 3 is 1.31 bits per heavy atom. The second-order valence-electron chi connectivity index (χ2n) is 16.4. The van der Waals surface area contributed by atoms with E-state index in [0.717, 1.165) is 0 Å². The standard InChI is InChI=1S/C46H67N15O9/c1-27(62)56-34(10-6-22-54-45(49)50)40(66)59-37(25-29-14-18-32(64)19-15-29)43(69)60-36(24-28-12-16-31(63)17-13-28)42(68)58-35(11-7-23-55-46(51)52)41(67)61-38(26-30-8-3-5-21-53-30)44(70)57-33(39(48)65)9-2-4-20-47/h3,5,8,12-19,21,33-38,63-64H,2,4,6-7,9-11,20,22-26,47H2,1H3,(H2,48,65)(H,56,62)(H,57,70)(H,58,68)(H,59,66)(H,60,69)(H,61,67)(H4,49,50,54)(H4,51,52,55)/t33-,34-,35-,36-,37-,38-/m0/s1. The van der Waals surface area contributed by atoms with Crippen molar-refractivity contribution < 1.29 is 43.8 Å². The van der Waals surface area contributed by atoms with Gasteiger partial charge in [-0.2, -0.15) is 0 Å². The number of aromatic hydroxyl groups is 2. The van der Waals surface area contributed by atoms with Crippen molar-refractivity contribution in [3.63, 3.8) is 0 Å². The topological polar surface area (TPSA) is 426 Å². The molecule has 0 saturated carbocycles. The molecule has 24 nitrogen and oxygen atoms in total. The Morgan fingerprint density at radius 1 is 0.514 bits per heavy atom. The van der Waals surface area contributed by atoms with Crippen molar-refractivity contribution in [2.45, 2.75) is 107 Å². The zero-order chi connectivity index (χ0) is 51.6. The molecule has 6 atom stereocenters. The number of unbranched alkanes of at least 4 members (excludes halogenated alkanes) is 1. The van der Waals surface area contributed by atoms with Crippen molar-refractivity contribution in [1.29, 1.82) is 0 Å². The maximum Gasteiger partial charge on any atom is 0.243 e. The van der Waals surface area contributed by atoms with Crippen LogP contribution < -0.4 is 66.3 Å². The highest BCUT2D eigenvalue weighted by atomic mass is 16.3. The van der Waals surface area contributed by atoms with Gasteiger partial charge in [0.25, 0.3) is 0 Å².